The van der Waals surface area contributed by atoms with E-state index in [2.05, 4.69) is 10.1 Å². The molecule has 0 N–H and O–H groups in total. The molecule has 2 aromatic carbocycles. The molecule has 0 saturated heterocycles. The zero-order valence-corrected chi connectivity index (χ0v) is 14.7. The SMILES string of the molecule is C[C@@H](C(=O)OCc1nc(-c2ccc(F)cc2)no1)n1c(=O)oc2ccccc21. The summed E-state index contributed by atoms with van der Waals surface area (Å²) in [6, 6.07) is 11.4. The van der Waals surface area contributed by atoms with Crippen molar-refractivity contribution in [3.63, 3.8) is 0 Å². The molecule has 4 rings (SSSR count). The van der Waals surface area contributed by atoms with Crippen LogP contribution < -0.4 is 5.76 Å². The van der Waals surface area contributed by atoms with E-state index in [0.717, 1.165) is 0 Å². The van der Waals surface area contributed by atoms with Crippen LogP contribution in [-0.4, -0.2) is 20.7 Å². The van der Waals surface area contributed by atoms with E-state index in [1.54, 1.807) is 24.3 Å². The average molecular weight is 383 g/mol. The molecule has 0 aliphatic rings. The fourth-order valence-electron chi connectivity index (χ4n) is 2.74. The third kappa shape index (κ3) is 3.29. The molecule has 0 bridgehead atoms. The average Bonchev–Trinajstić information content (AvgIpc) is 3.29. The minimum absolute atomic E-state index is 0.0734. The highest BCUT2D eigenvalue weighted by molar-refractivity contribution is 5.79. The lowest BCUT2D eigenvalue weighted by molar-refractivity contribution is -0.149. The molecule has 0 saturated carbocycles. The highest BCUT2D eigenvalue weighted by atomic mass is 19.1. The number of hydrogen-bond acceptors (Lipinski definition) is 7. The Hall–Kier alpha value is -3.75. The summed E-state index contributed by atoms with van der Waals surface area (Å²) in [6.07, 6.45) is 0. The van der Waals surface area contributed by atoms with Gasteiger partial charge in [-0.25, -0.2) is 14.0 Å². The topological polar surface area (TPSA) is 100 Å². The molecule has 2 heterocycles. The van der Waals surface area contributed by atoms with Gasteiger partial charge in [-0.15, -0.1) is 0 Å². The van der Waals surface area contributed by atoms with Gasteiger partial charge in [-0.05, 0) is 43.3 Å². The zero-order chi connectivity index (χ0) is 19.7. The van der Waals surface area contributed by atoms with Gasteiger partial charge in [-0.1, -0.05) is 17.3 Å². The van der Waals surface area contributed by atoms with Gasteiger partial charge in [-0.2, -0.15) is 4.98 Å². The quantitative estimate of drug-likeness (QED) is 0.488. The van der Waals surface area contributed by atoms with E-state index in [9.17, 15) is 14.0 Å². The summed E-state index contributed by atoms with van der Waals surface area (Å²) < 4.78 is 29.6. The Labute approximate surface area is 157 Å². The largest absolute Gasteiger partial charge is 0.454 e. The number of esters is 1. The highest BCUT2D eigenvalue weighted by Gasteiger charge is 2.23. The van der Waals surface area contributed by atoms with Crippen LogP contribution in [0.25, 0.3) is 22.5 Å². The van der Waals surface area contributed by atoms with Crippen LogP contribution in [0.4, 0.5) is 4.39 Å². The molecular weight excluding hydrogens is 369 g/mol. The van der Waals surface area contributed by atoms with Gasteiger partial charge in [0.2, 0.25) is 5.82 Å². The van der Waals surface area contributed by atoms with Crippen molar-refractivity contribution in [3.8, 4) is 11.4 Å². The molecule has 28 heavy (non-hydrogen) atoms. The normalized spacial score (nSPS) is 12.2. The van der Waals surface area contributed by atoms with Crippen molar-refractivity contribution < 1.29 is 22.9 Å². The zero-order valence-electron chi connectivity index (χ0n) is 14.7. The van der Waals surface area contributed by atoms with E-state index < -0.39 is 17.8 Å². The standard InChI is InChI=1S/C19H14FN3O5/c1-11(23-14-4-2-3-5-15(14)27-19(23)25)18(24)26-10-16-21-17(22-28-16)12-6-8-13(20)9-7-12/h2-9,11H,10H2,1H3/t11-/m0/s1. The van der Waals surface area contributed by atoms with Crippen molar-refractivity contribution in [2.45, 2.75) is 19.6 Å². The minimum atomic E-state index is -0.907. The summed E-state index contributed by atoms with van der Waals surface area (Å²) in [4.78, 5) is 28.5. The first kappa shape index (κ1) is 17.7. The van der Waals surface area contributed by atoms with Crippen LogP contribution in [0, 0.1) is 5.82 Å². The van der Waals surface area contributed by atoms with Crippen molar-refractivity contribution in [1.29, 1.82) is 0 Å². The second-order valence-corrected chi connectivity index (χ2v) is 6.01. The Kier molecular flexibility index (Phi) is 4.48. The second-order valence-electron chi connectivity index (χ2n) is 6.01. The molecule has 9 heteroatoms. The van der Waals surface area contributed by atoms with E-state index in [0.29, 0.717) is 16.7 Å². The van der Waals surface area contributed by atoms with Crippen molar-refractivity contribution in [3.05, 3.63) is 70.8 Å². The summed E-state index contributed by atoms with van der Waals surface area (Å²) in [7, 11) is 0. The predicted molar refractivity (Wildman–Crippen MR) is 94.7 cm³/mol. The molecular formula is C19H14FN3O5. The van der Waals surface area contributed by atoms with E-state index in [1.807, 2.05) is 0 Å². The molecule has 4 aromatic rings. The Morgan fingerprint density at radius 2 is 1.96 bits per heavy atom. The molecule has 0 amide bonds. The predicted octanol–water partition coefficient (Wildman–Crippen LogP) is 3.09. The first-order chi connectivity index (χ1) is 13.5. The third-order valence-electron chi connectivity index (χ3n) is 4.16. The molecule has 0 fully saturated rings. The van der Waals surface area contributed by atoms with Gasteiger partial charge >= 0.3 is 11.7 Å². The van der Waals surface area contributed by atoms with Crippen LogP contribution in [0.5, 0.6) is 0 Å². The van der Waals surface area contributed by atoms with Crippen molar-refractivity contribution >= 4 is 17.1 Å². The third-order valence-corrected chi connectivity index (χ3v) is 4.16. The number of para-hydroxylation sites is 2. The van der Waals surface area contributed by atoms with Crippen LogP contribution >= 0.6 is 0 Å². The Balaban J connectivity index is 1.46. The summed E-state index contributed by atoms with van der Waals surface area (Å²) in [6.45, 7) is 1.27. The van der Waals surface area contributed by atoms with Crippen LogP contribution in [0.2, 0.25) is 0 Å². The fourth-order valence-corrected chi connectivity index (χ4v) is 2.74. The van der Waals surface area contributed by atoms with Crippen molar-refractivity contribution in [2.75, 3.05) is 0 Å². The van der Waals surface area contributed by atoms with Gasteiger partial charge in [0.15, 0.2) is 12.2 Å². The molecule has 142 valence electrons. The number of carbonyl (C=O) groups is 1. The van der Waals surface area contributed by atoms with Crippen LogP contribution in [0.1, 0.15) is 18.9 Å². The number of hydrogen-bond donors (Lipinski definition) is 0. The monoisotopic (exact) mass is 383 g/mol. The Morgan fingerprint density at radius 1 is 1.21 bits per heavy atom. The van der Waals surface area contributed by atoms with Gasteiger partial charge in [0.25, 0.3) is 5.89 Å². The van der Waals surface area contributed by atoms with Gasteiger partial charge in [0.05, 0.1) is 5.52 Å². The van der Waals surface area contributed by atoms with Gasteiger partial charge < -0.3 is 13.7 Å². The molecule has 0 aliphatic heterocycles. The molecule has 0 spiro atoms. The number of ether oxygens (including phenoxy) is 1. The number of oxazole rings is 1. The molecule has 0 radical (unpaired) electrons. The Morgan fingerprint density at radius 3 is 2.75 bits per heavy atom. The van der Waals surface area contributed by atoms with E-state index >= 15 is 0 Å². The summed E-state index contributed by atoms with van der Waals surface area (Å²) in [5.74, 6) is -1.37. The maximum absolute atomic E-state index is 13.0. The second kappa shape index (κ2) is 7.10. The van der Waals surface area contributed by atoms with Crippen LogP contribution in [0.15, 0.2) is 62.3 Å². The number of fused-ring (bicyclic) bond motifs is 1. The number of carbonyl (C=O) groups excluding carboxylic acids is 1. The smallest absolute Gasteiger partial charge is 0.420 e. The molecule has 8 nitrogen and oxygen atoms in total. The Bertz CT molecular complexity index is 1190. The minimum Gasteiger partial charge on any atom is -0.454 e. The first-order valence-corrected chi connectivity index (χ1v) is 8.38. The summed E-state index contributed by atoms with van der Waals surface area (Å²) >= 11 is 0. The lowest BCUT2D eigenvalue weighted by Crippen LogP contribution is -2.26. The number of benzene rings is 2. The molecule has 1 atom stereocenters. The van der Waals surface area contributed by atoms with Gasteiger partial charge in [0, 0.05) is 5.56 Å². The molecule has 0 aliphatic carbocycles. The number of nitrogens with zero attached hydrogens (tertiary/aromatic N) is 3. The van der Waals surface area contributed by atoms with Gasteiger partial charge in [0.1, 0.15) is 11.9 Å². The summed E-state index contributed by atoms with van der Waals surface area (Å²) in [5.41, 5.74) is 1.44. The van der Waals surface area contributed by atoms with E-state index in [1.165, 1.54) is 35.8 Å². The fraction of sp³-hybridized carbons (Fsp3) is 0.158. The lowest BCUT2D eigenvalue weighted by Gasteiger charge is -2.11. The van der Waals surface area contributed by atoms with E-state index in [4.69, 9.17) is 13.7 Å². The van der Waals surface area contributed by atoms with Gasteiger partial charge in [-0.3, -0.25) is 4.57 Å². The van der Waals surface area contributed by atoms with Crippen LogP contribution in [0.3, 0.4) is 0 Å². The lowest BCUT2D eigenvalue weighted by atomic mass is 10.2. The number of aromatic nitrogens is 3. The first-order valence-electron chi connectivity index (χ1n) is 8.38. The molecule has 2 aromatic heterocycles. The molecule has 0 unspecified atom stereocenters. The number of halogens is 1. The maximum Gasteiger partial charge on any atom is 0.420 e. The van der Waals surface area contributed by atoms with Crippen LogP contribution in [-0.2, 0) is 16.1 Å². The maximum atomic E-state index is 13.0. The van der Waals surface area contributed by atoms with Crippen molar-refractivity contribution in [1.82, 2.24) is 14.7 Å². The highest BCUT2D eigenvalue weighted by Crippen LogP contribution is 2.19. The summed E-state index contributed by atoms with van der Waals surface area (Å²) in [5, 5.41) is 3.77. The number of rotatable bonds is 5. The van der Waals surface area contributed by atoms with Crippen molar-refractivity contribution in [2.24, 2.45) is 0 Å². The van der Waals surface area contributed by atoms with E-state index in [-0.39, 0.29) is 24.1 Å².